The van der Waals surface area contributed by atoms with Crippen LogP contribution in [0.4, 0.5) is 4.79 Å². The highest BCUT2D eigenvalue weighted by Crippen LogP contribution is 2.13. The van der Waals surface area contributed by atoms with E-state index in [0.29, 0.717) is 0 Å². The fraction of sp³-hybridized carbons (Fsp3) is 0.385. The third-order valence-corrected chi connectivity index (χ3v) is 2.69. The molecule has 0 atom stereocenters. The van der Waals surface area contributed by atoms with Gasteiger partial charge in [0.25, 0.3) is 0 Å². The predicted octanol–water partition coefficient (Wildman–Crippen LogP) is 1.69. The number of nitrogens with one attached hydrogen (secondary N) is 1. The minimum absolute atomic E-state index is 0.0517. The summed E-state index contributed by atoms with van der Waals surface area (Å²) in [5.41, 5.74) is 5.78. The van der Waals surface area contributed by atoms with E-state index in [1.54, 1.807) is 13.8 Å². The summed E-state index contributed by atoms with van der Waals surface area (Å²) in [4.78, 5) is 11.5. The van der Waals surface area contributed by atoms with Gasteiger partial charge in [-0.05, 0) is 5.56 Å². The van der Waals surface area contributed by atoms with Gasteiger partial charge in [0.15, 0.2) is 0 Å². The largest absolute Gasteiger partial charge is 0.445 e. The van der Waals surface area contributed by atoms with Crippen molar-refractivity contribution in [2.45, 2.75) is 20.5 Å². The van der Waals surface area contributed by atoms with Gasteiger partial charge in [0.2, 0.25) is 0 Å². The van der Waals surface area contributed by atoms with Crippen LogP contribution in [0.15, 0.2) is 35.5 Å². The van der Waals surface area contributed by atoms with Crippen LogP contribution < -0.4 is 11.1 Å². The summed E-state index contributed by atoms with van der Waals surface area (Å²) in [6.45, 7) is 3.92. The van der Waals surface area contributed by atoms with Gasteiger partial charge in [-0.15, -0.1) is 0 Å². The number of carbonyl (C=O) groups is 1. The molecule has 4 N–H and O–H groups in total. The Balaban J connectivity index is 2.36. The molecular formula is C13H19N3O3. The first-order chi connectivity index (χ1) is 8.95. The number of benzene rings is 1. The number of nitrogens with zero attached hydrogens (tertiary/aromatic N) is 1. The second-order valence-electron chi connectivity index (χ2n) is 4.78. The van der Waals surface area contributed by atoms with Crippen molar-refractivity contribution in [1.29, 1.82) is 0 Å². The number of hydrogen-bond acceptors (Lipinski definition) is 4. The molecule has 1 aromatic rings. The summed E-state index contributed by atoms with van der Waals surface area (Å²) in [6, 6.07) is 9.38. The SMILES string of the molecule is CC(C)(CNC(=O)OCc1ccccc1)/C(N)=N/O. The van der Waals surface area contributed by atoms with Crippen LogP contribution in [-0.2, 0) is 11.3 Å². The predicted molar refractivity (Wildman–Crippen MR) is 71.8 cm³/mol. The van der Waals surface area contributed by atoms with E-state index in [0.717, 1.165) is 5.56 Å². The van der Waals surface area contributed by atoms with Gasteiger partial charge in [-0.3, -0.25) is 0 Å². The summed E-state index contributed by atoms with van der Waals surface area (Å²) < 4.78 is 5.04. The zero-order chi connectivity index (χ0) is 14.3. The first-order valence-electron chi connectivity index (χ1n) is 5.88. The van der Waals surface area contributed by atoms with Crippen molar-refractivity contribution in [2.75, 3.05) is 6.54 Å². The minimum Gasteiger partial charge on any atom is -0.445 e. The highest BCUT2D eigenvalue weighted by molar-refractivity contribution is 5.86. The average molecular weight is 265 g/mol. The quantitative estimate of drug-likeness (QED) is 0.326. The molecule has 1 rings (SSSR count). The molecule has 1 aromatic carbocycles. The van der Waals surface area contributed by atoms with Gasteiger partial charge < -0.3 is 21.0 Å². The zero-order valence-electron chi connectivity index (χ0n) is 11.1. The van der Waals surface area contributed by atoms with Crippen molar-refractivity contribution in [3.63, 3.8) is 0 Å². The third-order valence-electron chi connectivity index (χ3n) is 2.69. The summed E-state index contributed by atoms with van der Waals surface area (Å²) in [7, 11) is 0. The molecule has 0 heterocycles. The number of amides is 1. The van der Waals surface area contributed by atoms with Crippen LogP contribution in [0.1, 0.15) is 19.4 Å². The summed E-state index contributed by atoms with van der Waals surface area (Å²) in [5, 5.41) is 14.1. The number of rotatable bonds is 5. The second kappa shape index (κ2) is 6.63. The normalized spacial score (nSPS) is 12.0. The fourth-order valence-corrected chi connectivity index (χ4v) is 1.29. The van der Waals surface area contributed by atoms with Gasteiger partial charge >= 0.3 is 6.09 Å². The molecule has 0 fully saturated rings. The lowest BCUT2D eigenvalue weighted by atomic mass is 9.92. The molecule has 0 aromatic heterocycles. The molecule has 6 nitrogen and oxygen atoms in total. The van der Waals surface area contributed by atoms with E-state index in [1.165, 1.54) is 0 Å². The van der Waals surface area contributed by atoms with Crippen LogP contribution in [0, 0.1) is 5.41 Å². The highest BCUT2D eigenvalue weighted by Gasteiger charge is 2.24. The maximum absolute atomic E-state index is 11.5. The molecule has 0 aliphatic rings. The Morgan fingerprint density at radius 1 is 1.42 bits per heavy atom. The van der Waals surface area contributed by atoms with E-state index in [9.17, 15) is 4.79 Å². The molecular weight excluding hydrogens is 246 g/mol. The lowest BCUT2D eigenvalue weighted by Crippen LogP contribution is -2.42. The van der Waals surface area contributed by atoms with E-state index >= 15 is 0 Å². The van der Waals surface area contributed by atoms with Crippen molar-refractivity contribution in [1.82, 2.24) is 5.32 Å². The van der Waals surface area contributed by atoms with Gasteiger partial charge in [-0.1, -0.05) is 49.3 Å². The fourth-order valence-electron chi connectivity index (χ4n) is 1.29. The van der Waals surface area contributed by atoms with Crippen LogP contribution in [0.3, 0.4) is 0 Å². The number of amidine groups is 1. The minimum atomic E-state index is -0.638. The molecule has 1 amide bonds. The highest BCUT2D eigenvalue weighted by atomic mass is 16.5. The summed E-state index contributed by atoms with van der Waals surface area (Å²) in [5.74, 6) is 0.0517. The van der Waals surface area contributed by atoms with Gasteiger partial charge in [0, 0.05) is 12.0 Å². The molecule has 0 aliphatic heterocycles. The summed E-state index contributed by atoms with van der Waals surface area (Å²) >= 11 is 0. The van der Waals surface area contributed by atoms with Crippen LogP contribution in [0.5, 0.6) is 0 Å². The molecule has 0 saturated heterocycles. The number of oxime groups is 1. The number of hydrogen-bond donors (Lipinski definition) is 3. The molecule has 0 saturated carbocycles. The third kappa shape index (κ3) is 4.87. The van der Waals surface area contributed by atoms with Crippen LogP contribution in [-0.4, -0.2) is 23.7 Å². The monoisotopic (exact) mass is 265 g/mol. The van der Waals surface area contributed by atoms with E-state index in [-0.39, 0.29) is 19.0 Å². The van der Waals surface area contributed by atoms with Gasteiger partial charge in [-0.2, -0.15) is 0 Å². The average Bonchev–Trinajstić information content (AvgIpc) is 2.43. The zero-order valence-corrected chi connectivity index (χ0v) is 11.1. The smallest absolute Gasteiger partial charge is 0.407 e. The lowest BCUT2D eigenvalue weighted by Gasteiger charge is -2.22. The molecule has 0 bridgehead atoms. The van der Waals surface area contributed by atoms with Gasteiger partial charge in [-0.25, -0.2) is 4.79 Å². The molecule has 0 unspecified atom stereocenters. The first kappa shape index (κ1) is 14.8. The standard InChI is InChI=1S/C13H19N3O3/c1-13(2,11(14)16-18)9-15-12(17)19-8-10-6-4-3-5-7-10/h3-7,18H,8-9H2,1-2H3,(H2,14,16)(H,15,17). The van der Waals surface area contributed by atoms with Crippen molar-refractivity contribution in [3.8, 4) is 0 Å². The van der Waals surface area contributed by atoms with E-state index in [2.05, 4.69) is 10.5 Å². The lowest BCUT2D eigenvalue weighted by molar-refractivity contribution is 0.137. The van der Waals surface area contributed by atoms with Gasteiger partial charge in [0.05, 0.1) is 0 Å². The maximum Gasteiger partial charge on any atom is 0.407 e. The van der Waals surface area contributed by atoms with Gasteiger partial charge in [0.1, 0.15) is 12.4 Å². The summed E-state index contributed by atoms with van der Waals surface area (Å²) in [6.07, 6.45) is -0.539. The molecule has 0 spiro atoms. The van der Waals surface area contributed by atoms with Crippen molar-refractivity contribution in [3.05, 3.63) is 35.9 Å². The molecule has 0 aliphatic carbocycles. The first-order valence-corrected chi connectivity index (χ1v) is 5.88. The van der Waals surface area contributed by atoms with E-state index in [1.807, 2.05) is 30.3 Å². The number of carbonyl (C=O) groups excluding carboxylic acids is 1. The molecule has 104 valence electrons. The molecule has 0 radical (unpaired) electrons. The van der Waals surface area contributed by atoms with Crippen molar-refractivity contribution in [2.24, 2.45) is 16.3 Å². The van der Waals surface area contributed by atoms with Crippen LogP contribution >= 0.6 is 0 Å². The Bertz CT molecular complexity index is 444. The maximum atomic E-state index is 11.5. The Kier molecular flexibility index (Phi) is 5.17. The van der Waals surface area contributed by atoms with Crippen molar-refractivity contribution >= 4 is 11.9 Å². The van der Waals surface area contributed by atoms with E-state index in [4.69, 9.17) is 15.7 Å². The Morgan fingerprint density at radius 2 is 2.05 bits per heavy atom. The van der Waals surface area contributed by atoms with E-state index < -0.39 is 11.5 Å². The van der Waals surface area contributed by atoms with Crippen molar-refractivity contribution < 1.29 is 14.7 Å². The number of alkyl carbamates (subject to hydrolysis) is 1. The molecule has 6 heteroatoms. The number of ether oxygens (including phenoxy) is 1. The Hall–Kier alpha value is -2.24. The van der Waals surface area contributed by atoms with Crippen LogP contribution in [0.2, 0.25) is 0 Å². The topological polar surface area (TPSA) is 96.9 Å². The van der Waals surface area contributed by atoms with Crippen LogP contribution in [0.25, 0.3) is 0 Å². The second-order valence-corrected chi connectivity index (χ2v) is 4.78. The molecule has 19 heavy (non-hydrogen) atoms. The Morgan fingerprint density at radius 3 is 2.63 bits per heavy atom. The number of nitrogens with two attached hydrogens (primary N) is 1. The Labute approximate surface area is 112 Å².